The van der Waals surface area contributed by atoms with Crippen LogP contribution in [0.15, 0.2) is 23.3 Å². The van der Waals surface area contributed by atoms with Crippen molar-refractivity contribution in [3.05, 3.63) is 23.3 Å². The van der Waals surface area contributed by atoms with E-state index in [-0.39, 0.29) is 0 Å². The third-order valence-electron chi connectivity index (χ3n) is 4.74. The Hall–Kier alpha value is -0.330. The summed E-state index contributed by atoms with van der Waals surface area (Å²) in [6.45, 7) is 13.5. The van der Waals surface area contributed by atoms with E-state index in [1.807, 2.05) is 0 Å². The SMILES string of the molecule is CC(C)=CCCC(C)CCSC(CCC#N)SCCC(C)CCC=C(C)C. The first kappa shape index (κ1) is 26.7. The molecule has 3 heteroatoms. The number of thioether (sulfide) groups is 2. The summed E-state index contributed by atoms with van der Waals surface area (Å²) in [6.07, 6.45) is 14.0. The lowest BCUT2D eigenvalue weighted by Gasteiger charge is -2.18. The van der Waals surface area contributed by atoms with E-state index in [0.717, 1.165) is 18.3 Å². The molecule has 0 amide bonds. The van der Waals surface area contributed by atoms with Crippen LogP contribution in [0.4, 0.5) is 0 Å². The zero-order chi connectivity index (χ0) is 20.5. The van der Waals surface area contributed by atoms with Gasteiger partial charge in [-0.1, -0.05) is 37.1 Å². The summed E-state index contributed by atoms with van der Waals surface area (Å²) in [5, 5.41) is 8.95. The van der Waals surface area contributed by atoms with Crippen LogP contribution in [-0.2, 0) is 0 Å². The highest BCUT2D eigenvalue weighted by Gasteiger charge is 2.12. The van der Waals surface area contributed by atoms with E-state index in [1.165, 1.54) is 61.2 Å². The maximum absolute atomic E-state index is 8.95. The van der Waals surface area contributed by atoms with Crippen LogP contribution in [-0.4, -0.2) is 16.1 Å². The highest BCUT2D eigenvalue weighted by Crippen LogP contribution is 2.31. The van der Waals surface area contributed by atoms with E-state index in [1.54, 1.807) is 0 Å². The van der Waals surface area contributed by atoms with Crippen LogP contribution < -0.4 is 0 Å². The molecule has 156 valence electrons. The van der Waals surface area contributed by atoms with Crippen LogP contribution in [0.5, 0.6) is 0 Å². The lowest BCUT2D eigenvalue weighted by atomic mass is 10.0. The van der Waals surface area contributed by atoms with E-state index in [0.29, 0.717) is 11.0 Å². The molecule has 0 aliphatic rings. The Morgan fingerprint density at radius 1 is 0.778 bits per heavy atom. The first-order valence-corrected chi connectivity index (χ1v) is 12.8. The minimum Gasteiger partial charge on any atom is -0.198 e. The van der Waals surface area contributed by atoms with Gasteiger partial charge in [0.1, 0.15) is 0 Å². The molecule has 0 radical (unpaired) electrons. The van der Waals surface area contributed by atoms with Gasteiger partial charge < -0.3 is 0 Å². The molecule has 0 aliphatic heterocycles. The van der Waals surface area contributed by atoms with Gasteiger partial charge >= 0.3 is 0 Å². The summed E-state index contributed by atoms with van der Waals surface area (Å²) < 4.78 is 0.597. The molecule has 0 saturated heterocycles. The molecule has 0 aromatic heterocycles. The van der Waals surface area contributed by atoms with Crippen LogP contribution in [0.25, 0.3) is 0 Å². The lowest BCUT2D eigenvalue weighted by molar-refractivity contribution is 0.524. The van der Waals surface area contributed by atoms with Gasteiger partial charge in [0.25, 0.3) is 0 Å². The van der Waals surface area contributed by atoms with E-state index in [2.05, 4.69) is 83.3 Å². The summed E-state index contributed by atoms with van der Waals surface area (Å²) in [6, 6.07) is 2.33. The smallest absolute Gasteiger partial charge is 0.0622 e. The number of rotatable bonds is 16. The Labute approximate surface area is 178 Å². The van der Waals surface area contributed by atoms with Crippen LogP contribution >= 0.6 is 23.5 Å². The molecule has 0 rings (SSSR count). The zero-order valence-corrected chi connectivity index (χ0v) is 20.4. The van der Waals surface area contributed by atoms with Gasteiger partial charge in [-0.25, -0.2) is 0 Å². The quantitative estimate of drug-likeness (QED) is 0.188. The molecule has 0 spiro atoms. The van der Waals surface area contributed by atoms with Gasteiger partial charge in [0.2, 0.25) is 0 Å². The third-order valence-corrected chi connectivity index (χ3v) is 7.72. The average molecular weight is 410 g/mol. The number of hydrogen-bond acceptors (Lipinski definition) is 3. The summed E-state index contributed by atoms with van der Waals surface area (Å²) in [5.41, 5.74) is 2.86. The first-order valence-electron chi connectivity index (χ1n) is 10.7. The summed E-state index contributed by atoms with van der Waals surface area (Å²) in [5.74, 6) is 4.05. The van der Waals surface area contributed by atoms with Gasteiger partial charge in [0, 0.05) is 6.42 Å². The minimum atomic E-state index is 0.597. The Bertz CT molecular complexity index is 419. The van der Waals surface area contributed by atoms with Crippen LogP contribution in [0, 0.1) is 23.2 Å². The predicted octanol–water partition coefficient (Wildman–Crippen LogP) is 8.63. The second kappa shape index (κ2) is 17.7. The second-order valence-electron chi connectivity index (χ2n) is 8.37. The molecule has 0 aromatic carbocycles. The topological polar surface area (TPSA) is 23.8 Å². The average Bonchev–Trinajstić information content (AvgIpc) is 2.58. The molecular weight excluding hydrogens is 366 g/mol. The molecular formula is C24H43NS2. The Balaban J connectivity index is 4.04. The number of hydrogen-bond donors (Lipinski definition) is 0. The van der Waals surface area contributed by atoms with Gasteiger partial charge in [-0.2, -0.15) is 5.26 Å². The van der Waals surface area contributed by atoms with Crippen LogP contribution in [0.1, 0.15) is 92.9 Å². The lowest BCUT2D eigenvalue weighted by Crippen LogP contribution is -2.04. The van der Waals surface area contributed by atoms with Crippen molar-refractivity contribution in [3.63, 3.8) is 0 Å². The van der Waals surface area contributed by atoms with Crippen molar-refractivity contribution in [2.45, 2.75) is 97.5 Å². The first-order chi connectivity index (χ1) is 12.8. The van der Waals surface area contributed by atoms with Crippen molar-refractivity contribution in [1.29, 1.82) is 5.26 Å². The maximum Gasteiger partial charge on any atom is 0.0622 e. The van der Waals surface area contributed by atoms with Gasteiger partial charge in [0.05, 0.1) is 10.7 Å². The standard InChI is InChI=1S/C24H43NS2/c1-20(2)10-7-12-22(5)15-18-26-24(14-9-17-25)27-19-16-23(6)13-8-11-21(3)4/h10-11,22-24H,7-9,12-16,18-19H2,1-6H3. The molecule has 0 aliphatic carbocycles. The molecule has 0 aromatic rings. The zero-order valence-electron chi connectivity index (χ0n) is 18.7. The van der Waals surface area contributed by atoms with Gasteiger partial charge in [0.15, 0.2) is 0 Å². The fraction of sp³-hybridized carbons (Fsp3) is 0.792. The Kier molecular flexibility index (Phi) is 17.5. The number of nitriles is 1. The third kappa shape index (κ3) is 18.8. The van der Waals surface area contributed by atoms with Gasteiger partial charge in [-0.3, -0.25) is 0 Å². The normalized spacial score (nSPS) is 14.1. The number of nitrogens with zero attached hydrogens (tertiary/aromatic N) is 1. The number of allylic oxidation sites excluding steroid dienone is 4. The van der Waals surface area contributed by atoms with Crippen molar-refractivity contribution in [1.82, 2.24) is 0 Å². The summed E-state index contributed by atoms with van der Waals surface area (Å²) in [4.78, 5) is 0. The Morgan fingerprint density at radius 3 is 1.59 bits per heavy atom. The highest BCUT2D eigenvalue weighted by atomic mass is 32.2. The van der Waals surface area contributed by atoms with Crippen LogP contribution in [0.2, 0.25) is 0 Å². The molecule has 27 heavy (non-hydrogen) atoms. The highest BCUT2D eigenvalue weighted by molar-refractivity contribution is 8.17. The monoisotopic (exact) mass is 409 g/mol. The molecule has 2 atom stereocenters. The Morgan fingerprint density at radius 2 is 1.22 bits per heavy atom. The van der Waals surface area contributed by atoms with E-state index >= 15 is 0 Å². The van der Waals surface area contributed by atoms with E-state index in [4.69, 9.17) is 5.26 Å². The molecule has 1 nitrogen and oxygen atoms in total. The molecule has 0 bridgehead atoms. The van der Waals surface area contributed by atoms with Crippen molar-refractivity contribution in [2.24, 2.45) is 11.8 Å². The summed E-state index contributed by atoms with van der Waals surface area (Å²) in [7, 11) is 0. The van der Waals surface area contributed by atoms with Gasteiger partial charge in [-0.05, 0) is 96.0 Å². The molecule has 0 saturated carbocycles. The second-order valence-corrected chi connectivity index (χ2v) is 11.3. The molecule has 0 N–H and O–H groups in total. The fourth-order valence-corrected chi connectivity index (χ4v) is 5.93. The van der Waals surface area contributed by atoms with E-state index < -0.39 is 0 Å². The minimum absolute atomic E-state index is 0.597. The fourth-order valence-electron chi connectivity index (χ4n) is 2.80. The van der Waals surface area contributed by atoms with Gasteiger partial charge in [-0.15, -0.1) is 23.5 Å². The van der Waals surface area contributed by atoms with Crippen LogP contribution in [0.3, 0.4) is 0 Å². The van der Waals surface area contributed by atoms with Crippen molar-refractivity contribution >= 4 is 23.5 Å². The van der Waals surface area contributed by atoms with Crippen molar-refractivity contribution in [2.75, 3.05) is 11.5 Å². The van der Waals surface area contributed by atoms with Crippen molar-refractivity contribution < 1.29 is 0 Å². The predicted molar refractivity (Wildman–Crippen MR) is 128 cm³/mol. The summed E-state index contributed by atoms with van der Waals surface area (Å²) >= 11 is 4.18. The van der Waals surface area contributed by atoms with Crippen molar-refractivity contribution in [3.8, 4) is 6.07 Å². The molecule has 0 heterocycles. The molecule has 0 fully saturated rings. The maximum atomic E-state index is 8.95. The molecule has 2 unspecified atom stereocenters. The largest absolute Gasteiger partial charge is 0.198 e. The van der Waals surface area contributed by atoms with E-state index in [9.17, 15) is 0 Å².